The second kappa shape index (κ2) is 7.69. The standard InChI is InChI=1S/C19H17Cl2NO/c20-16-10-15(11-17(21)12-16)19-7-6-18(23-19)13-22-9-8-14-4-2-1-3-5-14/h1-7,10-12,22H,8-9,13H2. The predicted octanol–water partition coefficient (Wildman–Crippen LogP) is 5.59. The molecular weight excluding hydrogens is 329 g/mol. The monoisotopic (exact) mass is 345 g/mol. The highest BCUT2D eigenvalue weighted by atomic mass is 35.5. The highest BCUT2D eigenvalue weighted by Gasteiger charge is 2.07. The van der Waals surface area contributed by atoms with Crippen molar-refractivity contribution < 1.29 is 4.42 Å². The third-order valence-electron chi connectivity index (χ3n) is 3.54. The number of hydrogen-bond acceptors (Lipinski definition) is 2. The van der Waals surface area contributed by atoms with Gasteiger partial charge in [-0.05, 0) is 48.9 Å². The Hall–Kier alpha value is -1.74. The molecule has 2 nitrogen and oxygen atoms in total. The zero-order valence-electron chi connectivity index (χ0n) is 12.6. The Morgan fingerprint density at radius 3 is 2.35 bits per heavy atom. The van der Waals surface area contributed by atoms with Crippen molar-refractivity contribution in [2.24, 2.45) is 0 Å². The lowest BCUT2D eigenvalue weighted by atomic mass is 10.1. The lowest BCUT2D eigenvalue weighted by Crippen LogP contribution is -2.16. The van der Waals surface area contributed by atoms with Crippen molar-refractivity contribution in [1.29, 1.82) is 0 Å². The molecule has 0 atom stereocenters. The molecule has 1 N–H and O–H groups in total. The molecule has 4 heteroatoms. The van der Waals surface area contributed by atoms with Crippen LogP contribution in [0.3, 0.4) is 0 Å². The van der Waals surface area contributed by atoms with E-state index in [1.54, 1.807) is 6.07 Å². The minimum atomic E-state index is 0.603. The maximum atomic E-state index is 6.03. The molecule has 0 saturated heterocycles. The first-order valence-corrected chi connectivity index (χ1v) is 8.26. The predicted molar refractivity (Wildman–Crippen MR) is 96.0 cm³/mol. The first-order chi connectivity index (χ1) is 11.2. The molecule has 0 aliphatic carbocycles. The molecule has 0 unspecified atom stereocenters. The van der Waals surface area contributed by atoms with Crippen LogP contribution >= 0.6 is 23.2 Å². The van der Waals surface area contributed by atoms with Gasteiger partial charge in [-0.25, -0.2) is 0 Å². The van der Waals surface area contributed by atoms with Crippen molar-refractivity contribution in [2.45, 2.75) is 13.0 Å². The molecule has 0 bridgehead atoms. The molecule has 3 rings (SSSR count). The van der Waals surface area contributed by atoms with E-state index in [9.17, 15) is 0 Å². The number of benzene rings is 2. The fourth-order valence-corrected chi connectivity index (χ4v) is 2.94. The van der Waals surface area contributed by atoms with Crippen LogP contribution in [0.2, 0.25) is 10.0 Å². The fourth-order valence-electron chi connectivity index (χ4n) is 2.41. The van der Waals surface area contributed by atoms with E-state index < -0.39 is 0 Å². The minimum Gasteiger partial charge on any atom is -0.460 e. The highest BCUT2D eigenvalue weighted by Crippen LogP contribution is 2.28. The van der Waals surface area contributed by atoms with E-state index in [2.05, 4.69) is 29.6 Å². The zero-order chi connectivity index (χ0) is 16.1. The molecule has 0 radical (unpaired) electrons. The molecule has 0 spiro atoms. The first kappa shape index (κ1) is 16.1. The number of furan rings is 1. The van der Waals surface area contributed by atoms with Gasteiger partial charge in [0.15, 0.2) is 0 Å². The molecule has 0 aliphatic rings. The van der Waals surface area contributed by atoms with Gasteiger partial charge in [-0.2, -0.15) is 0 Å². The molecule has 118 valence electrons. The van der Waals surface area contributed by atoms with E-state index in [1.807, 2.05) is 30.3 Å². The third-order valence-corrected chi connectivity index (χ3v) is 3.98. The normalized spacial score (nSPS) is 10.9. The van der Waals surface area contributed by atoms with Gasteiger partial charge in [0.1, 0.15) is 11.5 Å². The Morgan fingerprint density at radius 1 is 0.870 bits per heavy atom. The molecule has 23 heavy (non-hydrogen) atoms. The zero-order valence-corrected chi connectivity index (χ0v) is 14.1. The summed E-state index contributed by atoms with van der Waals surface area (Å²) in [5.41, 5.74) is 2.21. The average molecular weight is 346 g/mol. The van der Waals surface area contributed by atoms with Crippen LogP contribution in [0.5, 0.6) is 0 Å². The van der Waals surface area contributed by atoms with Crippen LogP contribution < -0.4 is 5.32 Å². The van der Waals surface area contributed by atoms with E-state index in [-0.39, 0.29) is 0 Å². The topological polar surface area (TPSA) is 25.2 Å². The second-order valence-corrected chi connectivity index (χ2v) is 6.21. The summed E-state index contributed by atoms with van der Waals surface area (Å²) in [6.07, 6.45) is 0.998. The van der Waals surface area contributed by atoms with E-state index in [1.165, 1.54) is 5.56 Å². The van der Waals surface area contributed by atoms with Gasteiger partial charge >= 0.3 is 0 Å². The van der Waals surface area contributed by atoms with Crippen LogP contribution in [0.15, 0.2) is 65.1 Å². The van der Waals surface area contributed by atoms with E-state index >= 15 is 0 Å². The van der Waals surface area contributed by atoms with Crippen LogP contribution in [-0.4, -0.2) is 6.54 Å². The van der Waals surface area contributed by atoms with Crippen molar-refractivity contribution >= 4 is 23.2 Å². The number of rotatable bonds is 6. The van der Waals surface area contributed by atoms with E-state index in [4.69, 9.17) is 27.6 Å². The Balaban J connectivity index is 1.55. The maximum Gasteiger partial charge on any atom is 0.134 e. The molecule has 2 aromatic carbocycles. The van der Waals surface area contributed by atoms with Crippen LogP contribution in [0, 0.1) is 0 Å². The Kier molecular flexibility index (Phi) is 5.39. The molecule has 1 heterocycles. The maximum absolute atomic E-state index is 6.03. The summed E-state index contributed by atoms with van der Waals surface area (Å²) in [7, 11) is 0. The summed E-state index contributed by atoms with van der Waals surface area (Å²) in [6, 6.07) is 19.7. The van der Waals surface area contributed by atoms with Gasteiger partial charge in [0.25, 0.3) is 0 Å². The van der Waals surface area contributed by atoms with Gasteiger partial charge in [-0.15, -0.1) is 0 Å². The quantitative estimate of drug-likeness (QED) is 0.589. The van der Waals surface area contributed by atoms with Crippen molar-refractivity contribution in [1.82, 2.24) is 5.32 Å². The SMILES string of the molecule is Clc1cc(Cl)cc(-c2ccc(CNCCc3ccccc3)o2)c1. The number of hydrogen-bond donors (Lipinski definition) is 1. The van der Waals surface area contributed by atoms with Gasteiger partial charge in [-0.1, -0.05) is 53.5 Å². The molecular formula is C19H17Cl2NO. The fraction of sp³-hybridized carbons (Fsp3) is 0.158. The smallest absolute Gasteiger partial charge is 0.134 e. The van der Waals surface area contributed by atoms with Crippen molar-refractivity contribution in [3.8, 4) is 11.3 Å². The van der Waals surface area contributed by atoms with Gasteiger partial charge in [0.2, 0.25) is 0 Å². The summed E-state index contributed by atoms with van der Waals surface area (Å²) in [4.78, 5) is 0. The van der Waals surface area contributed by atoms with Crippen LogP contribution in [0.1, 0.15) is 11.3 Å². The second-order valence-electron chi connectivity index (χ2n) is 5.34. The molecule has 0 saturated carbocycles. The lowest BCUT2D eigenvalue weighted by molar-refractivity contribution is 0.495. The molecule has 3 aromatic rings. The summed E-state index contributed by atoms with van der Waals surface area (Å²) in [5, 5.41) is 4.60. The summed E-state index contributed by atoms with van der Waals surface area (Å²) < 4.78 is 5.85. The van der Waals surface area contributed by atoms with Crippen molar-refractivity contribution in [2.75, 3.05) is 6.54 Å². The van der Waals surface area contributed by atoms with Gasteiger partial charge in [0.05, 0.1) is 6.54 Å². The number of nitrogens with one attached hydrogen (secondary N) is 1. The van der Waals surface area contributed by atoms with E-state index in [0.717, 1.165) is 30.0 Å². The first-order valence-electron chi connectivity index (χ1n) is 7.50. The van der Waals surface area contributed by atoms with Crippen LogP contribution in [-0.2, 0) is 13.0 Å². The Morgan fingerprint density at radius 2 is 1.61 bits per heavy atom. The minimum absolute atomic E-state index is 0.603. The lowest BCUT2D eigenvalue weighted by Gasteiger charge is -2.03. The molecule has 0 fully saturated rings. The van der Waals surface area contributed by atoms with Crippen LogP contribution in [0.4, 0.5) is 0 Å². The Labute approximate surface area is 146 Å². The number of halogens is 2. The van der Waals surface area contributed by atoms with Crippen molar-refractivity contribution in [3.05, 3.63) is 82.0 Å². The average Bonchev–Trinajstić information content (AvgIpc) is 3.01. The van der Waals surface area contributed by atoms with Gasteiger partial charge in [0, 0.05) is 15.6 Å². The molecule has 1 aromatic heterocycles. The van der Waals surface area contributed by atoms with E-state index in [0.29, 0.717) is 16.6 Å². The van der Waals surface area contributed by atoms with Gasteiger partial charge < -0.3 is 9.73 Å². The summed E-state index contributed by atoms with van der Waals surface area (Å²) in [6.45, 7) is 1.60. The van der Waals surface area contributed by atoms with Crippen molar-refractivity contribution in [3.63, 3.8) is 0 Å². The molecule has 0 aliphatic heterocycles. The summed E-state index contributed by atoms with van der Waals surface area (Å²) >= 11 is 12.1. The summed E-state index contributed by atoms with van der Waals surface area (Å²) in [5.74, 6) is 1.67. The Bertz CT molecular complexity index is 748. The van der Waals surface area contributed by atoms with Crippen LogP contribution in [0.25, 0.3) is 11.3 Å². The van der Waals surface area contributed by atoms with Gasteiger partial charge in [-0.3, -0.25) is 0 Å². The third kappa shape index (κ3) is 4.61. The molecule has 0 amide bonds. The highest BCUT2D eigenvalue weighted by molar-refractivity contribution is 6.35. The largest absolute Gasteiger partial charge is 0.460 e.